The molecule has 14 heteroatoms. The summed E-state index contributed by atoms with van der Waals surface area (Å²) < 4.78 is 65.7. The van der Waals surface area contributed by atoms with E-state index in [4.69, 9.17) is 35.0 Å². The standard InChI is InChI=1S/2C4H10N2.2H2O4S/c2*1-2-6-4-3-5-1;2*1-5(2,3)4/h2*5-6H,1-4H2;2*(H2,1,2,3,4). The summed E-state index contributed by atoms with van der Waals surface area (Å²) in [4.78, 5) is 0. The normalized spacial score (nSPS) is 18.4. The van der Waals surface area contributed by atoms with E-state index < -0.39 is 20.8 Å². The van der Waals surface area contributed by atoms with Crippen molar-refractivity contribution in [1.82, 2.24) is 10.6 Å². The number of rotatable bonds is 0. The van der Waals surface area contributed by atoms with Crippen molar-refractivity contribution in [3.8, 4) is 0 Å². The predicted octanol–water partition coefficient (Wildman–Crippen LogP) is -5.68. The van der Waals surface area contributed by atoms with Crippen molar-refractivity contribution >= 4 is 20.8 Å². The zero-order valence-corrected chi connectivity index (χ0v) is 13.6. The number of hydrogen-bond acceptors (Lipinski definition) is 8. The molecule has 0 aromatic heterocycles. The average molecular weight is 368 g/mol. The Hall–Kier alpha value is -0.420. The first kappa shape index (κ1) is 23.8. The summed E-state index contributed by atoms with van der Waals surface area (Å²) in [5, 5.41) is 11.2. The second-order valence-corrected chi connectivity index (χ2v) is 5.80. The molecule has 2 aliphatic rings. The molecule has 0 aliphatic carbocycles. The number of nitrogens with one attached hydrogen (secondary N) is 2. The van der Waals surface area contributed by atoms with E-state index in [9.17, 15) is 0 Å². The third-order valence-electron chi connectivity index (χ3n) is 2.10. The van der Waals surface area contributed by atoms with Crippen LogP contribution >= 0.6 is 0 Å². The molecule has 0 aromatic carbocycles. The minimum Gasteiger partial charge on any atom is -0.726 e. The fraction of sp³-hybridized carbons (Fsp3) is 1.00. The van der Waals surface area contributed by atoms with Gasteiger partial charge in [0, 0.05) is 26.2 Å². The smallest absolute Gasteiger partial charge is 0.215 e. The van der Waals surface area contributed by atoms with E-state index >= 15 is 0 Å². The molecule has 22 heavy (non-hydrogen) atoms. The molecule has 2 heterocycles. The summed E-state index contributed by atoms with van der Waals surface area (Å²) in [7, 11) is -9.83. The lowest BCUT2D eigenvalue weighted by molar-refractivity contribution is -0.657. The van der Waals surface area contributed by atoms with Crippen molar-refractivity contribution in [3.63, 3.8) is 0 Å². The maximum absolute atomic E-state index is 8.63. The Balaban J connectivity index is 0. The van der Waals surface area contributed by atoms with E-state index in [-0.39, 0.29) is 0 Å². The first-order chi connectivity index (χ1) is 10.0. The molecule has 8 N–H and O–H groups in total. The minimum atomic E-state index is -4.92. The van der Waals surface area contributed by atoms with Crippen LogP contribution in [0.5, 0.6) is 0 Å². The summed E-state index contributed by atoms with van der Waals surface area (Å²) in [6, 6.07) is 0. The minimum absolute atomic E-state index is 1.19. The topological polar surface area (TPSA) is 212 Å². The van der Waals surface area contributed by atoms with Crippen molar-refractivity contribution in [2.45, 2.75) is 0 Å². The molecule has 0 bridgehead atoms. The van der Waals surface area contributed by atoms with Gasteiger partial charge in [-0.1, -0.05) is 0 Å². The fourth-order valence-corrected chi connectivity index (χ4v) is 1.36. The van der Waals surface area contributed by atoms with Gasteiger partial charge in [-0.2, -0.15) is 0 Å². The zero-order valence-electron chi connectivity index (χ0n) is 12.0. The average Bonchev–Trinajstić information content (AvgIpc) is 2.40. The summed E-state index contributed by atoms with van der Waals surface area (Å²) in [5.41, 5.74) is 0. The highest BCUT2D eigenvalue weighted by Gasteiger charge is 1.96. The van der Waals surface area contributed by atoms with E-state index in [1.807, 2.05) is 0 Å². The van der Waals surface area contributed by atoms with Crippen molar-refractivity contribution in [2.24, 2.45) is 0 Å². The van der Waals surface area contributed by atoms with Gasteiger partial charge in [0.05, 0.1) is 26.2 Å². The Morgan fingerprint density at radius 3 is 0.909 bits per heavy atom. The zero-order chi connectivity index (χ0) is 17.5. The van der Waals surface area contributed by atoms with Crippen LogP contribution in [0, 0.1) is 0 Å². The third kappa shape index (κ3) is 50.4. The van der Waals surface area contributed by atoms with E-state index in [1.54, 1.807) is 0 Å². The summed E-state index contributed by atoms with van der Waals surface area (Å²) in [6.07, 6.45) is 0. The molecule has 0 saturated carbocycles. The van der Waals surface area contributed by atoms with Crippen LogP contribution in [-0.4, -0.2) is 87.4 Å². The number of piperazine rings is 2. The highest BCUT2D eigenvalue weighted by atomic mass is 32.3. The lowest BCUT2D eigenvalue weighted by Crippen LogP contribution is -2.89. The Kier molecular flexibility index (Phi) is 15.4. The summed E-state index contributed by atoms with van der Waals surface area (Å²) in [5.74, 6) is 0. The molecule has 0 amide bonds. The molecule has 0 spiro atoms. The largest absolute Gasteiger partial charge is 0.726 e. The second kappa shape index (κ2) is 14.2. The van der Waals surface area contributed by atoms with Crippen molar-refractivity contribution in [2.75, 3.05) is 52.4 Å². The Bertz CT molecular complexity index is 352. The maximum Gasteiger partial charge on any atom is 0.215 e. The Morgan fingerprint density at radius 1 is 0.682 bits per heavy atom. The highest BCUT2D eigenvalue weighted by molar-refractivity contribution is 7.80. The summed E-state index contributed by atoms with van der Waals surface area (Å²) >= 11 is 0. The van der Waals surface area contributed by atoms with E-state index in [0.717, 1.165) is 0 Å². The third-order valence-corrected chi connectivity index (χ3v) is 2.10. The Labute approximate surface area is 130 Å². The van der Waals surface area contributed by atoms with Gasteiger partial charge in [-0.3, -0.25) is 9.11 Å². The highest BCUT2D eigenvalue weighted by Crippen LogP contribution is 1.59. The lowest BCUT2D eigenvalue weighted by atomic mass is 10.4. The monoisotopic (exact) mass is 368 g/mol. The predicted molar refractivity (Wildman–Crippen MR) is 73.7 cm³/mol. The molecule has 2 fully saturated rings. The van der Waals surface area contributed by atoms with Gasteiger partial charge in [-0.05, 0) is 0 Å². The first-order valence-corrected chi connectivity index (χ1v) is 9.14. The lowest BCUT2D eigenvalue weighted by Gasteiger charge is -2.07. The fourth-order valence-electron chi connectivity index (χ4n) is 1.36. The van der Waals surface area contributed by atoms with Crippen LogP contribution in [0.4, 0.5) is 0 Å². The van der Waals surface area contributed by atoms with Gasteiger partial charge in [-0.15, -0.1) is 0 Å². The van der Waals surface area contributed by atoms with Crippen LogP contribution in [0.25, 0.3) is 0 Å². The molecule has 2 rings (SSSR count). The first-order valence-electron chi connectivity index (χ1n) is 6.41. The maximum atomic E-state index is 8.63. The molecule has 2 saturated heterocycles. The van der Waals surface area contributed by atoms with Gasteiger partial charge in [0.15, 0.2) is 0 Å². The molecule has 2 aliphatic heterocycles. The molecule has 0 atom stereocenters. The van der Waals surface area contributed by atoms with Gasteiger partial charge < -0.3 is 30.4 Å². The molecular formula is C8H24N4O8S2. The quantitative estimate of drug-likeness (QED) is 0.176. The number of nitrogens with two attached hydrogens (primary N) is 2. The van der Waals surface area contributed by atoms with Crippen LogP contribution in [0.15, 0.2) is 0 Å². The van der Waals surface area contributed by atoms with Crippen LogP contribution in [0.2, 0.25) is 0 Å². The SMILES string of the molecule is C1C[NH2+]CCN1.C1C[NH2+]CCN1.O=S(=O)([O-])O.O=S(=O)([O-])O. The van der Waals surface area contributed by atoms with Crippen LogP contribution in [0.1, 0.15) is 0 Å². The van der Waals surface area contributed by atoms with Crippen LogP contribution in [-0.2, 0) is 20.8 Å². The summed E-state index contributed by atoms with van der Waals surface area (Å²) in [6.45, 7) is 9.83. The molecule has 136 valence electrons. The van der Waals surface area contributed by atoms with E-state index in [2.05, 4.69) is 21.3 Å². The van der Waals surface area contributed by atoms with Crippen molar-refractivity contribution in [1.29, 1.82) is 0 Å². The second-order valence-electron chi connectivity index (χ2n) is 4.09. The van der Waals surface area contributed by atoms with Gasteiger partial charge in [0.1, 0.15) is 0 Å². The molecule has 0 radical (unpaired) electrons. The van der Waals surface area contributed by atoms with E-state index in [1.165, 1.54) is 52.4 Å². The van der Waals surface area contributed by atoms with Gasteiger partial charge in [0.25, 0.3) is 0 Å². The van der Waals surface area contributed by atoms with Crippen molar-refractivity contribution < 1.29 is 45.7 Å². The Morgan fingerprint density at radius 2 is 0.864 bits per heavy atom. The van der Waals surface area contributed by atoms with Gasteiger partial charge >= 0.3 is 0 Å². The number of hydrogen-bond donors (Lipinski definition) is 6. The molecule has 0 unspecified atom stereocenters. The van der Waals surface area contributed by atoms with Crippen LogP contribution < -0.4 is 21.3 Å². The van der Waals surface area contributed by atoms with Gasteiger partial charge in [-0.25, -0.2) is 16.8 Å². The molecule has 12 nitrogen and oxygen atoms in total. The van der Waals surface area contributed by atoms with Crippen LogP contribution in [0.3, 0.4) is 0 Å². The van der Waals surface area contributed by atoms with Gasteiger partial charge in [0.2, 0.25) is 20.8 Å². The van der Waals surface area contributed by atoms with Crippen molar-refractivity contribution in [3.05, 3.63) is 0 Å². The van der Waals surface area contributed by atoms with E-state index in [0.29, 0.717) is 0 Å². The molecular weight excluding hydrogens is 344 g/mol. The molecule has 0 aromatic rings. The number of quaternary nitrogens is 2.